The quantitative estimate of drug-likeness (QED) is 0.361. The van der Waals surface area contributed by atoms with Crippen LogP contribution in [0.5, 0.6) is 0 Å². The van der Waals surface area contributed by atoms with Crippen LogP contribution in [0.25, 0.3) is 0 Å². The molecule has 3 rings (SSSR count). The molecule has 0 aliphatic heterocycles. The third-order valence-electron chi connectivity index (χ3n) is 5.04. The smallest absolute Gasteiger partial charge is 0.227 e. The van der Waals surface area contributed by atoms with E-state index in [2.05, 4.69) is 33.9 Å². The maximum atomic E-state index is 12.2. The summed E-state index contributed by atoms with van der Waals surface area (Å²) in [7, 11) is 1.79. The number of hydrogen-bond donors (Lipinski definition) is 3. The van der Waals surface area contributed by atoms with Gasteiger partial charge in [-0.15, -0.1) is 24.0 Å². The normalized spacial score (nSPS) is 22.9. The van der Waals surface area contributed by atoms with Crippen molar-refractivity contribution >= 4 is 41.5 Å². The zero-order valence-corrected chi connectivity index (χ0v) is 17.4. The predicted octanol–water partition coefficient (Wildman–Crippen LogP) is 3.51. The van der Waals surface area contributed by atoms with E-state index in [9.17, 15) is 4.79 Å². The molecule has 1 amide bonds. The van der Waals surface area contributed by atoms with Crippen molar-refractivity contribution in [3.8, 4) is 0 Å². The number of carbonyl (C=O) groups excluding carboxylic acids is 1. The molecule has 0 radical (unpaired) electrons. The fourth-order valence-corrected chi connectivity index (χ4v) is 3.27. The topological polar surface area (TPSA) is 65.5 Å². The standard InChI is InChI=1S/C19H28N4O.HI/c1-13-10-17(13)23-19(20-2)21-12-14-6-5-9-16(11-14)22-18(24)15-7-3-4-8-15;/h5-6,9,11,13,15,17H,3-4,7-8,10,12H2,1-2H3,(H,22,24)(H2,20,21,23);1H. The largest absolute Gasteiger partial charge is 0.353 e. The van der Waals surface area contributed by atoms with Crippen molar-refractivity contribution in [2.75, 3.05) is 12.4 Å². The maximum absolute atomic E-state index is 12.2. The number of amides is 1. The molecule has 0 heterocycles. The average Bonchev–Trinajstić information content (AvgIpc) is 3.04. The predicted molar refractivity (Wildman–Crippen MR) is 113 cm³/mol. The van der Waals surface area contributed by atoms with E-state index in [4.69, 9.17) is 0 Å². The Morgan fingerprint density at radius 3 is 2.64 bits per heavy atom. The Morgan fingerprint density at radius 1 is 1.28 bits per heavy atom. The Kier molecular flexibility index (Phi) is 7.53. The second-order valence-corrected chi connectivity index (χ2v) is 7.06. The Morgan fingerprint density at radius 2 is 2.00 bits per heavy atom. The lowest BCUT2D eigenvalue weighted by Crippen LogP contribution is -2.38. The van der Waals surface area contributed by atoms with Crippen LogP contribution in [0.4, 0.5) is 5.69 Å². The van der Waals surface area contributed by atoms with Gasteiger partial charge in [0.25, 0.3) is 0 Å². The van der Waals surface area contributed by atoms with Gasteiger partial charge in [0.15, 0.2) is 5.96 Å². The molecule has 138 valence electrons. The second-order valence-electron chi connectivity index (χ2n) is 7.06. The Hall–Kier alpha value is -1.31. The third-order valence-corrected chi connectivity index (χ3v) is 5.04. The number of carbonyl (C=O) groups is 1. The molecule has 1 aromatic carbocycles. The zero-order chi connectivity index (χ0) is 16.9. The fraction of sp³-hybridized carbons (Fsp3) is 0.579. The molecule has 0 saturated heterocycles. The molecule has 3 N–H and O–H groups in total. The van der Waals surface area contributed by atoms with Crippen LogP contribution < -0.4 is 16.0 Å². The maximum Gasteiger partial charge on any atom is 0.227 e. The molecule has 0 aromatic heterocycles. The molecule has 0 bridgehead atoms. The molecule has 2 unspecified atom stereocenters. The van der Waals surface area contributed by atoms with Gasteiger partial charge in [-0.1, -0.05) is 31.9 Å². The first-order chi connectivity index (χ1) is 11.7. The lowest BCUT2D eigenvalue weighted by Gasteiger charge is -2.13. The van der Waals surface area contributed by atoms with Crippen molar-refractivity contribution in [3.05, 3.63) is 29.8 Å². The molecule has 5 nitrogen and oxygen atoms in total. The summed E-state index contributed by atoms with van der Waals surface area (Å²) in [6.07, 6.45) is 5.61. The molecule has 2 atom stereocenters. The van der Waals surface area contributed by atoms with Gasteiger partial charge in [0.2, 0.25) is 5.91 Å². The van der Waals surface area contributed by atoms with Gasteiger partial charge < -0.3 is 16.0 Å². The average molecular weight is 456 g/mol. The van der Waals surface area contributed by atoms with Gasteiger partial charge in [0.1, 0.15) is 0 Å². The van der Waals surface area contributed by atoms with Crippen molar-refractivity contribution in [2.24, 2.45) is 16.8 Å². The van der Waals surface area contributed by atoms with Crippen LogP contribution in [0.2, 0.25) is 0 Å². The molecule has 6 heteroatoms. The number of rotatable bonds is 5. The summed E-state index contributed by atoms with van der Waals surface area (Å²) in [6, 6.07) is 8.58. The summed E-state index contributed by atoms with van der Waals surface area (Å²) in [6.45, 7) is 2.93. The summed E-state index contributed by atoms with van der Waals surface area (Å²) in [4.78, 5) is 16.5. The van der Waals surface area contributed by atoms with Crippen LogP contribution in [0.15, 0.2) is 29.3 Å². The molecular weight excluding hydrogens is 427 g/mol. The molecule has 1 aromatic rings. The fourth-order valence-electron chi connectivity index (χ4n) is 3.27. The van der Waals surface area contributed by atoms with Gasteiger partial charge in [-0.3, -0.25) is 9.79 Å². The van der Waals surface area contributed by atoms with E-state index >= 15 is 0 Å². The van der Waals surface area contributed by atoms with E-state index in [0.29, 0.717) is 12.6 Å². The highest BCUT2D eigenvalue weighted by molar-refractivity contribution is 14.0. The molecule has 0 spiro atoms. The lowest BCUT2D eigenvalue weighted by molar-refractivity contribution is -0.119. The number of hydrogen-bond acceptors (Lipinski definition) is 2. The lowest BCUT2D eigenvalue weighted by atomic mass is 10.1. The monoisotopic (exact) mass is 456 g/mol. The van der Waals surface area contributed by atoms with Crippen molar-refractivity contribution in [3.63, 3.8) is 0 Å². The van der Waals surface area contributed by atoms with Gasteiger partial charge in [-0.25, -0.2) is 0 Å². The summed E-state index contributed by atoms with van der Waals surface area (Å²) >= 11 is 0. The van der Waals surface area contributed by atoms with E-state index in [1.165, 1.54) is 19.3 Å². The van der Waals surface area contributed by atoms with Crippen LogP contribution in [0.3, 0.4) is 0 Å². The highest BCUT2D eigenvalue weighted by Crippen LogP contribution is 2.28. The van der Waals surface area contributed by atoms with Crippen LogP contribution in [-0.4, -0.2) is 25.0 Å². The highest BCUT2D eigenvalue weighted by Gasteiger charge is 2.33. The van der Waals surface area contributed by atoms with Crippen molar-refractivity contribution in [1.29, 1.82) is 0 Å². The Balaban J connectivity index is 0.00000225. The van der Waals surface area contributed by atoms with Crippen LogP contribution in [0.1, 0.15) is 44.6 Å². The summed E-state index contributed by atoms with van der Waals surface area (Å²) < 4.78 is 0. The first-order valence-electron chi connectivity index (χ1n) is 9.02. The first-order valence-corrected chi connectivity index (χ1v) is 9.02. The van der Waals surface area contributed by atoms with Crippen molar-refractivity contribution in [2.45, 2.75) is 51.6 Å². The van der Waals surface area contributed by atoms with E-state index in [0.717, 1.165) is 36.0 Å². The van der Waals surface area contributed by atoms with Crippen LogP contribution in [-0.2, 0) is 11.3 Å². The summed E-state index contributed by atoms with van der Waals surface area (Å²) in [5.41, 5.74) is 2.01. The molecule has 2 fully saturated rings. The zero-order valence-electron chi connectivity index (χ0n) is 15.0. The Labute approximate surface area is 167 Å². The van der Waals surface area contributed by atoms with E-state index in [1.54, 1.807) is 7.05 Å². The van der Waals surface area contributed by atoms with E-state index in [1.807, 2.05) is 18.2 Å². The first kappa shape index (κ1) is 20.0. The minimum absolute atomic E-state index is 0. The number of nitrogens with zero attached hydrogens (tertiary/aromatic N) is 1. The summed E-state index contributed by atoms with van der Waals surface area (Å²) in [5, 5.41) is 9.81. The number of nitrogens with one attached hydrogen (secondary N) is 3. The molecule has 2 saturated carbocycles. The Bertz CT molecular complexity index is 613. The second kappa shape index (κ2) is 9.40. The van der Waals surface area contributed by atoms with E-state index in [-0.39, 0.29) is 35.8 Å². The van der Waals surface area contributed by atoms with E-state index < -0.39 is 0 Å². The van der Waals surface area contributed by atoms with Gasteiger partial charge in [0.05, 0.1) is 0 Å². The van der Waals surface area contributed by atoms with Gasteiger partial charge in [-0.05, 0) is 42.9 Å². The number of halogens is 1. The number of aliphatic imine (C=N–C) groups is 1. The van der Waals surface area contributed by atoms with Gasteiger partial charge in [-0.2, -0.15) is 0 Å². The minimum Gasteiger partial charge on any atom is -0.353 e. The van der Waals surface area contributed by atoms with Gasteiger partial charge >= 0.3 is 0 Å². The number of guanidine groups is 1. The third kappa shape index (κ3) is 5.87. The molecule has 2 aliphatic carbocycles. The summed E-state index contributed by atoms with van der Waals surface area (Å²) in [5.74, 6) is 1.93. The van der Waals surface area contributed by atoms with Crippen molar-refractivity contribution < 1.29 is 4.79 Å². The number of benzene rings is 1. The molecular formula is C19H29IN4O. The molecule has 2 aliphatic rings. The van der Waals surface area contributed by atoms with Crippen LogP contribution in [0, 0.1) is 11.8 Å². The van der Waals surface area contributed by atoms with Gasteiger partial charge in [0, 0.05) is 31.2 Å². The number of anilines is 1. The molecule has 25 heavy (non-hydrogen) atoms. The van der Waals surface area contributed by atoms with Crippen molar-refractivity contribution in [1.82, 2.24) is 10.6 Å². The highest BCUT2D eigenvalue weighted by atomic mass is 127. The van der Waals surface area contributed by atoms with Crippen LogP contribution >= 0.6 is 24.0 Å². The SMILES string of the molecule is CN=C(NCc1cccc(NC(=O)C2CCCC2)c1)NC1CC1C.I. The minimum atomic E-state index is 0.